The van der Waals surface area contributed by atoms with Gasteiger partial charge in [0.05, 0.1) is 0 Å². The summed E-state index contributed by atoms with van der Waals surface area (Å²) in [6, 6.07) is 0.210. The van der Waals surface area contributed by atoms with Crippen molar-refractivity contribution < 1.29 is 9.53 Å². The molecule has 2 aliphatic rings. The molecule has 0 aromatic carbocycles. The second-order valence-electron chi connectivity index (χ2n) is 5.31. The number of nitrogens with two attached hydrogens (primary N) is 1. The third kappa shape index (κ3) is 2.80. The van der Waals surface area contributed by atoms with Crippen LogP contribution in [0, 0.1) is 5.92 Å². The molecule has 4 nitrogen and oxygen atoms in total. The van der Waals surface area contributed by atoms with Gasteiger partial charge in [0, 0.05) is 25.7 Å². The number of hydrogen-bond donors (Lipinski definition) is 1. The highest BCUT2D eigenvalue weighted by molar-refractivity contribution is 5.81. The van der Waals surface area contributed by atoms with E-state index in [2.05, 4.69) is 6.92 Å². The maximum absolute atomic E-state index is 12.4. The van der Waals surface area contributed by atoms with Crippen molar-refractivity contribution >= 4 is 5.91 Å². The number of amides is 1. The Morgan fingerprint density at radius 3 is 2.82 bits per heavy atom. The smallest absolute Gasteiger partial charge is 0.251 e. The molecule has 2 heterocycles. The number of nitrogens with zero attached hydrogens (tertiary/aromatic N) is 1. The summed E-state index contributed by atoms with van der Waals surface area (Å²) < 4.78 is 5.59. The molecule has 2 N–H and O–H groups in total. The molecule has 3 atom stereocenters. The van der Waals surface area contributed by atoms with Gasteiger partial charge in [0.25, 0.3) is 5.91 Å². The van der Waals surface area contributed by atoms with E-state index in [0.717, 1.165) is 38.8 Å². The summed E-state index contributed by atoms with van der Waals surface area (Å²) in [6.45, 7) is 4.34. The van der Waals surface area contributed by atoms with Crippen LogP contribution in [0.4, 0.5) is 0 Å². The summed E-state index contributed by atoms with van der Waals surface area (Å²) in [7, 11) is 0. The molecule has 4 heteroatoms. The Balaban J connectivity index is 2.00. The number of hydrogen-bond acceptors (Lipinski definition) is 3. The maximum atomic E-state index is 12.4. The minimum atomic E-state index is -0.205. The van der Waals surface area contributed by atoms with E-state index in [-0.39, 0.29) is 18.1 Å². The third-order valence-electron chi connectivity index (χ3n) is 4.10. The molecule has 0 saturated carbocycles. The van der Waals surface area contributed by atoms with Gasteiger partial charge in [0.15, 0.2) is 0 Å². The Labute approximate surface area is 103 Å². The highest BCUT2D eigenvalue weighted by Crippen LogP contribution is 2.25. The van der Waals surface area contributed by atoms with E-state index in [4.69, 9.17) is 10.5 Å². The largest absolute Gasteiger partial charge is 0.368 e. The van der Waals surface area contributed by atoms with E-state index in [0.29, 0.717) is 12.5 Å². The number of ether oxygens (including phenoxy) is 1. The van der Waals surface area contributed by atoms with Gasteiger partial charge < -0.3 is 15.4 Å². The number of carbonyl (C=O) groups excluding carboxylic acids is 1. The van der Waals surface area contributed by atoms with Gasteiger partial charge in [-0.15, -0.1) is 0 Å². The molecular weight excluding hydrogens is 216 g/mol. The van der Waals surface area contributed by atoms with Gasteiger partial charge in [-0.25, -0.2) is 0 Å². The quantitative estimate of drug-likeness (QED) is 0.787. The first kappa shape index (κ1) is 12.8. The van der Waals surface area contributed by atoms with Crippen molar-refractivity contribution in [1.82, 2.24) is 4.90 Å². The molecular formula is C13H24N2O2. The Kier molecular flexibility index (Phi) is 4.40. The summed E-state index contributed by atoms with van der Waals surface area (Å²) in [5.41, 5.74) is 5.82. The van der Waals surface area contributed by atoms with Crippen molar-refractivity contribution in [2.75, 3.05) is 19.7 Å². The third-order valence-corrected chi connectivity index (χ3v) is 4.10. The monoisotopic (exact) mass is 240 g/mol. The summed E-state index contributed by atoms with van der Waals surface area (Å²) in [5.74, 6) is 0.688. The highest BCUT2D eigenvalue weighted by Gasteiger charge is 2.35. The lowest BCUT2D eigenvalue weighted by molar-refractivity contribution is -0.151. The number of piperidine rings is 1. The number of rotatable bonds is 2. The summed E-state index contributed by atoms with van der Waals surface area (Å²) in [5, 5.41) is 0. The summed E-state index contributed by atoms with van der Waals surface area (Å²) in [6.07, 6.45) is 5.13. The first-order chi connectivity index (χ1) is 8.24. The van der Waals surface area contributed by atoms with Crippen LogP contribution in [0.3, 0.4) is 0 Å². The Morgan fingerprint density at radius 1 is 1.35 bits per heavy atom. The second-order valence-corrected chi connectivity index (χ2v) is 5.31. The first-order valence-corrected chi connectivity index (χ1v) is 6.86. The van der Waals surface area contributed by atoms with Crippen LogP contribution in [0.5, 0.6) is 0 Å². The molecule has 2 saturated heterocycles. The molecule has 2 aliphatic heterocycles. The minimum absolute atomic E-state index is 0.173. The van der Waals surface area contributed by atoms with E-state index in [1.54, 1.807) is 0 Å². The molecule has 0 bridgehead atoms. The molecule has 2 fully saturated rings. The average molecular weight is 240 g/mol. The van der Waals surface area contributed by atoms with Gasteiger partial charge in [0.1, 0.15) is 6.10 Å². The Hall–Kier alpha value is -0.610. The van der Waals surface area contributed by atoms with Crippen LogP contribution < -0.4 is 5.73 Å². The molecule has 98 valence electrons. The van der Waals surface area contributed by atoms with Gasteiger partial charge >= 0.3 is 0 Å². The van der Waals surface area contributed by atoms with E-state index in [9.17, 15) is 4.79 Å². The van der Waals surface area contributed by atoms with Crippen molar-refractivity contribution in [3.8, 4) is 0 Å². The van der Waals surface area contributed by atoms with Crippen LogP contribution in [0.25, 0.3) is 0 Å². The van der Waals surface area contributed by atoms with Gasteiger partial charge in [0.2, 0.25) is 0 Å². The summed E-state index contributed by atoms with van der Waals surface area (Å²) >= 11 is 0. The SMILES string of the molecule is C[C@@H]1CCCN(C(=O)[C@H]2CCCCO2)[C@H]1CN. The van der Waals surface area contributed by atoms with E-state index in [1.807, 2.05) is 4.90 Å². The van der Waals surface area contributed by atoms with Crippen LogP contribution in [0.15, 0.2) is 0 Å². The topological polar surface area (TPSA) is 55.6 Å². The highest BCUT2D eigenvalue weighted by atomic mass is 16.5. The predicted octanol–water partition coefficient (Wildman–Crippen LogP) is 1.14. The second kappa shape index (κ2) is 5.83. The van der Waals surface area contributed by atoms with Crippen LogP contribution >= 0.6 is 0 Å². The normalized spacial score (nSPS) is 34.7. The lowest BCUT2D eigenvalue weighted by Crippen LogP contribution is -2.54. The van der Waals surface area contributed by atoms with Crippen molar-refractivity contribution in [1.29, 1.82) is 0 Å². The molecule has 0 aliphatic carbocycles. The van der Waals surface area contributed by atoms with Gasteiger partial charge in [-0.2, -0.15) is 0 Å². The van der Waals surface area contributed by atoms with Gasteiger partial charge in [-0.1, -0.05) is 6.92 Å². The Bertz CT molecular complexity index is 264. The zero-order valence-electron chi connectivity index (χ0n) is 10.7. The van der Waals surface area contributed by atoms with Crippen molar-refractivity contribution in [2.24, 2.45) is 11.7 Å². The van der Waals surface area contributed by atoms with E-state index >= 15 is 0 Å². The lowest BCUT2D eigenvalue weighted by Gasteiger charge is -2.41. The van der Waals surface area contributed by atoms with Gasteiger partial charge in [-0.3, -0.25) is 4.79 Å². The van der Waals surface area contributed by atoms with Gasteiger partial charge in [-0.05, 0) is 38.0 Å². The molecule has 0 aromatic rings. The standard InChI is InChI=1S/C13H24N2O2/c1-10-5-4-7-15(11(10)9-14)13(16)12-6-2-3-8-17-12/h10-12H,2-9,14H2,1H3/t10-,11+,12-/m1/s1. The fraction of sp³-hybridized carbons (Fsp3) is 0.923. The lowest BCUT2D eigenvalue weighted by atomic mass is 9.90. The van der Waals surface area contributed by atoms with Crippen molar-refractivity contribution in [3.05, 3.63) is 0 Å². The molecule has 0 radical (unpaired) electrons. The van der Waals surface area contributed by atoms with Crippen LogP contribution in [-0.2, 0) is 9.53 Å². The molecule has 1 amide bonds. The van der Waals surface area contributed by atoms with Crippen molar-refractivity contribution in [3.63, 3.8) is 0 Å². The minimum Gasteiger partial charge on any atom is -0.368 e. The summed E-state index contributed by atoms with van der Waals surface area (Å²) in [4.78, 5) is 14.4. The average Bonchev–Trinajstić information content (AvgIpc) is 2.38. The van der Waals surface area contributed by atoms with Crippen LogP contribution in [0.1, 0.15) is 39.0 Å². The number of carbonyl (C=O) groups is 1. The molecule has 0 spiro atoms. The molecule has 0 aromatic heterocycles. The van der Waals surface area contributed by atoms with Crippen LogP contribution in [-0.4, -0.2) is 42.6 Å². The zero-order valence-corrected chi connectivity index (χ0v) is 10.7. The first-order valence-electron chi connectivity index (χ1n) is 6.86. The molecule has 0 unspecified atom stereocenters. The number of likely N-dealkylation sites (tertiary alicyclic amines) is 1. The fourth-order valence-corrected chi connectivity index (χ4v) is 3.00. The molecule has 17 heavy (non-hydrogen) atoms. The Morgan fingerprint density at radius 2 is 2.18 bits per heavy atom. The fourth-order valence-electron chi connectivity index (χ4n) is 3.00. The van der Waals surface area contributed by atoms with Crippen molar-refractivity contribution in [2.45, 2.75) is 51.2 Å². The van der Waals surface area contributed by atoms with E-state index < -0.39 is 0 Å². The van der Waals surface area contributed by atoms with Crippen LogP contribution in [0.2, 0.25) is 0 Å². The predicted molar refractivity (Wildman–Crippen MR) is 66.5 cm³/mol. The zero-order chi connectivity index (χ0) is 12.3. The van der Waals surface area contributed by atoms with E-state index in [1.165, 1.54) is 6.42 Å². The maximum Gasteiger partial charge on any atom is 0.251 e. The molecule has 2 rings (SSSR count).